The second-order valence-corrected chi connectivity index (χ2v) is 6.93. The van der Waals surface area contributed by atoms with Crippen LogP contribution in [0.1, 0.15) is 5.56 Å². The molecule has 1 amide bonds. The van der Waals surface area contributed by atoms with Gasteiger partial charge in [-0.1, -0.05) is 35.0 Å². The lowest BCUT2D eigenvalue weighted by Gasteiger charge is -2.10. The summed E-state index contributed by atoms with van der Waals surface area (Å²) in [5.41, 5.74) is 2.85. The summed E-state index contributed by atoms with van der Waals surface area (Å²) >= 11 is 0. The molecule has 4 rings (SSSR count). The Balaban J connectivity index is 1.47. The summed E-state index contributed by atoms with van der Waals surface area (Å²) in [7, 11) is 0. The van der Waals surface area contributed by atoms with Gasteiger partial charge in [-0.3, -0.25) is 14.9 Å². The number of amides is 1. The third-order valence-electron chi connectivity index (χ3n) is 4.57. The summed E-state index contributed by atoms with van der Waals surface area (Å²) < 4.78 is 11.0. The van der Waals surface area contributed by atoms with Crippen LogP contribution in [0.2, 0.25) is 0 Å². The zero-order valence-corrected chi connectivity index (χ0v) is 17.0. The van der Waals surface area contributed by atoms with E-state index in [0.29, 0.717) is 22.6 Å². The molecule has 9 nitrogen and oxygen atoms in total. The van der Waals surface area contributed by atoms with E-state index in [2.05, 4.69) is 15.5 Å². The van der Waals surface area contributed by atoms with E-state index >= 15 is 0 Å². The molecule has 9 heteroatoms. The van der Waals surface area contributed by atoms with Crippen LogP contribution >= 0.6 is 0 Å². The van der Waals surface area contributed by atoms with Gasteiger partial charge in [-0.15, -0.1) is 0 Å². The van der Waals surface area contributed by atoms with Crippen LogP contribution in [0.15, 0.2) is 77.3 Å². The first-order chi connectivity index (χ1) is 15.5. The van der Waals surface area contributed by atoms with Crippen LogP contribution in [0.5, 0.6) is 5.75 Å². The Labute approximate surface area is 182 Å². The van der Waals surface area contributed by atoms with Gasteiger partial charge in [0.05, 0.1) is 10.5 Å². The smallest absolute Gasteiger partial charge is 0.269 e. The van der Waals surface area contributed by atoms with Gasteiger partial charge in [0.1, 0.15) is 5.75 Å². The van der Waals surface area contributed by atoms with Crippen LogP contribution < -0.4 is 10.1 Å². The number of hydrogen-bond acceptors (Lipinski definition) is 7. The third kappa shape index (κ3) is 4.78. The fraction of sp³-hybridized carbons (Fsp3) is 0.0870. The number of ether oxygens (including phenoxy) is 1. The van der Waals surface area contributed by atoms with Crippen molar-refractivity contribution in [3.63, 3.8) is 0 Å². The molecule has 4 aromatic rings. The molecule has 3 aromatic carbocycles. The molecule has 1 N–H and O–H groups in total. The number of carbonyl (C=O) groups excluding carboxylic acids is 1. The van der Waals surface area contributed by atoms with Gasteiger partial charge in [-0.05, 0) is 43.3 Å². The second-order valence-electron chi connectivity index (χ2n) is 6.93. The van der Waals surface area contributed by atoms with Crippen molar-refractivity contribution in [3.05, 3.63) is 88.5 Å². The lowest BCUT2D eigenvalue weighted by atomic mass is 10.2. The predicted octanol–water partition coefficient (Wildman–Crippen LogP) is 4.64. The zero-order valence-electron chi connectivity index (χ0n) is 17.0. The minimum atomic E-state index is -0.481. The number of nitro groups is 1. The minimum Gasteiger partial charge on any atom is -0.483 e. The van der Waals surface area contributed by atoms with Crippen molar-refractivity contribution in [2.75, 3.05) is 11.9 Å². The highest BCUT2D eigenvalue weighted by Gasteiger charge is 2.16. The first-order valence-corrected chi connectivity index (χ1v) is 9.67. The Morgan fingerprint density at radius 3 is 2.50 bits per heavy atom. The first-order valence-electron chi connectivity index (χ1n) is 9.67. The van der Waals surface area contributed by atoms with Gasteiger partial charge in [0.15, 0.2) is 6.61 Å². The molecule has 0 unspecified atom stereocenters. The van der Waals surface area contributed by atoms with Crippen molar-refractivity contribution in [2.45, 2.75) is 6.92 Å². The fourth-order valence-corrected chi connectivity index (χ4v) is 2.93. The van der Waals surface area contributed by atoms with E-state index in [0.717, 1.165) is 5.56 Å². The van der Waals surface area contributed by atoms with Crippen LogP contribution in [0.25, 0.3) is 22.8 Å². The minimum absolute atomic E-state index is 0.0313. The molecule has 0 saturated heterocycles. The fourth-order valence-electron chi connectivity index (χ4n) is 2.93. The van der Waals surface area contributed by atoms with Crippen LogP contribution in [-0.4, -0.2) is 27.6 Å². The molecule has 160 valence electrons. The van der Waals surface area contributed by atoms with Crippen LogP contribution in [0.4, 0.5) is 11.4 Å². The average Bonchev–Trinajstić information content (AvgIpc) is 3.30. The van der Waals surface area contributed by atoms with Crippen molar-refractivity contribution in [1.82, 2.24) is 10.1 Å². The Hall–Kier alpha value is -4.53. The number of aromatic nitrogens is 2. The summed E-state index contributed by atoms with van der Waals surface area (Å²) in [6.07, 6.45) is 0. The Kier molecular flexibility index (Phi) is 5.89. The molecule has 0 atom stereocenters. The molecule has 1 aromatic heterocycles. The number of nitro benzene ring substituents is 1. The van der Waals surface area contributed by atoms with Gasteiger partial charge in [-0.25, -0.2) is 0 Å². The number of nitrogens with one attached hydrogen (secondary N) is 1. The normalized spacial score (nSPS) is 10.5. The topological polar surface area (TPSA) is 120 Å². The molecule has 0 radical (unpaired) electrons. The maximum absolute atomic E-state index is 12.2. The highest BCUT2D eigenvalue weighted by Crippen LogP contribution is 2.30. The lowest BCUT2D eigenvalue weighted by molar-refractivity contribution is -0.384. The second kappa shape index (κ2) is 9.09. The van der Waals surface area contributed by atoms with Crippen LogP contribution in [0.3, 0.4) is 0 Å². The predicted molar refractivity (Wildman–Crippen MR) is 117 cm³/mol. The average molecular weight is 430 g/mol. The molecule has 0 saturated carbocycles. The maximum atomic E-state index is 12.2. The van der Waals surface area contributed by atoms with E-state index in [4.69, 9.17) is 9.26 Å². The number of non-ortho nitro benzene ring substituents is 1. The molecule has 0 spiro atoms. The summed E-state index contributed by atoms with van der Waals surface area (Å²) in [6, 6.07) is 20.3. The number of hydrogen-bond donors (Lipinski definition) is 1. The quantitative estimate of drug-likeness (QED) is 0.335. The van der Waals surface area contributed by atoms with E-state index < -0.39 is 4.92 Å². The summed E-state index contributed by atoms with van der Waals surface area (Å²) in [6.45, 7) is 1.77. The number of aryl methyl sites for hydroxylation is 1. The molecule has 0 aliphatic rings. The SMILES string of the molecule is Cc1ccc(NC(=O)COc2ccccc2-c2noc(-c3ccc([N+](=O)[O-])cc3)n2)cc1. The molecule has 1 heterocycles. The van der Waals surface area contributed by atoms with Crippen molar-refractivity contribution >= 4 is 17.3 Å². The lowest BCUT2D eigenvalue weighted by Crippen LogP contribution is -2.20. The van der Waals surface area contributed by atoms with E-state index in [-0.39, 0.29) is 29.9 Å². The number of para-hydroxylation sites is 1. The van der Waals surface area contributed by atoms with E-state index in [1.807, 2.05) is 31.2 Å². The molecular weight excluding hydrogens is 412 g/mol. The van der Waals surface area contributed by atoms with Gasteiger partial charge < -0.3 is 14.6 Å². The Morgan fingerprint density at radius 2 is 1.78 bits per heavy atom. The van der Waals surface area contributed by atoms with Gasteiger partial charge in [-0.2, -0.15) is 4.98 Å². The molecule has 32 heavy (non-hydrogen) atoms. The Bertz CT molecular complexity index is 1250. The summed E-state index contributed by atoms with van der Waals surface area (Å²) in [4.78, 5) is 26.9. The number of rotatable bonds is 7. The van der Waals surface area contributed by atoms with Gasteiger partial charge in [0.2, 0.25) is 5.82 Å². The molecular formula is C23H18N4O5. The Morgan fingerprint density at radius 1 is 1.06 bits per heavy atom. The number of nitrogens with zero attached hydrogens (tertiary/aromatic N) is 3. The molecule has 0 aliphatic carbocycles. The van der Waals surface area contributed by atoms with Crippen molar-refractivity contribution < 1.29 is 19.0 Å². The highest BCUT2D eigenvalue weighted by molar-refractivity contribution is 5.92. The van der Waals surface area contributed by atoms with E-state index in [1.54, 1.807) is 24.3 Å². The first kappa shape index (κ1) is 20.7. The van der Waals surface area contributed by atoms with E-state index in [9.17, 15) is 14.9 Å². The zero-order chi connectivity index (χ0) is 22.5. The van der Waals surface area contributed by atoms with Gasteiger partial charge in [0, 0.05) is 23.4 Å². The summed E-state index contributed by atoms with van der Waals surface area (Å²) in [5, 5.41) is 17.6. The largest absolute Gasteiger partial charge is 0.483 e. The monoisotopic (exact) mass is 430 g/mol. The number of anilines is 1. The van der Waals surface area contributed by atoms with E-state index in [1.165, 1.54) is 24.3 Å². The number of carbonyl (C=O) groups is 1. The number of benzene rings is 3. The standard InChI is InChI=1S/C23H18N4O5/c1-15-6-10-17(11-7-15)24-21(28)14-31-20-5-3-2-4-19(20)22-25-23(32-26-22)16-8-12-18(13-9-16)27(29)30/h2-13H,14H2,1H3,(H,24,28). The van der Waals surface area contributed by atoms with Gasteiger partial charge in [0.25, 0.3) is 17.5 Å². The van der Waals surface area contributed by atoms with Crippen LogP contribution in [0, 0.1) is 17.0 Å². The van der Waals surface area contributed by atoms with Crippen molar-refractivity contribution in [1.29, 1.82) is 0 Å². The maximum Gasteiger partial charge on any atom is 0.269 e. The summed E-state index contributed by atoms with van der Waals surface area (Å²) in [5.74, 6) is 0.598. The molecule has 0 aliphatic heterocycles. The highest BCUT2D eigenvalue weighted by atomic mass is 16.6. The van der Waals surface area contributed by atoms with Crippen molar-refractivity contribution in [3.8, 4) is 28.6 Å². The molecule has 0 fully saturated rings. The molecule has 0 bridgehead atoms. The third-order valence-corrected chi connectivity index (χ3v) is 4.57. The van der Waals surface area contributed by atoms with Crippen LogP contribution in [-0.2, 0) is 4.79 Å². The van der Waals surface area contributed by atoms with Crippen molar-refractivity contribution in [2.24, 2.45) is 0 Å². The van der Waals surface area contributed by atoms with Gasteiger partial charge >= 0.3 is 0 Å².